The third-order valence-electron chi connectivity index (χ3n) is 6.69. The van der Waals surface area contributed by atoms with Gasteiger partial charge in [-0.1, -0.05) is 45.6 Å². The van der Waals surface area contributed by atoms with Gasteiger partial charge in [0.2, 0.25) is 17.6 Å². The highest BCUT2D eigenvalue weighted by molar-refractivity contribution is 6.38. The van der Waals surface area contributed by atoms with Crippen LogP contribution in [-0.2, 0) is 19.2 Å². The van der Waals surface area contributed by atoms with Gasteiger partial charge in [0.15, 0.2) is 0 Å². The molecule has 0 aromatic carbocycles. The van der Waals surface area contributed by atoms with Crippen LogP contribution in [0.5, 0.6) is 0 Å². The molecule has 3 atom stereocenters. The second-order valence-corrected chi connectivity index (χ2v) is 9.09. The summed E-state index contributed by atoms with van der Waals surface area (Å²) in [5, 5.41) is 5.18. The summed E-state index contributed by atoms with van der Waals surface area (Å²) < 4.78 is 0. The Morgan fingerprint density at radius 2 is 1.87 bits per heavy atom. The van der Waals surface area contributed by atoms with Gasteiger partial charge in [-0.25, -0.2) is 0 Å². The number of nitrogens with two attached hydrogens (primary N) is 1. The maximum absolute atomic E-state index is 13.2. The van der Waals surface area contributed by atoms with E-state index in [1.807, 2.05) is 6.92 Å². The lowest BCUT2D eigenvalue weighted by Gasteiger charge is -2.40. The highest BCUT2D eigenvalue weighted by atomic mass is 16.2. The fraction of sp³-hybridized carbons (Fsp3) is 0.739. The van der Waals surface area contributed by atoms with Crippen molar-refractivity contribution in [1.29, 1.82) is 0 Å². The number of ketones is 1. The summed E-state index contributed by atoms with van der Waals surface area (Å²) in [6.45, 7) is 8.11. The molecule has 4 N–H and O–H groups in total. The third-order valence-corrected chi connectivity index (χ3v) is 6.69. The smallest absolute Gasteiger partial charge is 0.289 e. The molecular formula is C23H38N4O4. The van der Waals surface area contributed by atoms with Gasteiger partial charge >= 0.3 is 0 Å². The van der Waals surface area contributed by atoms with E-state index in [4.69, 9.17) is 5.73 Å². The maximum Gasteiger partial charge on any atom is 0.289 e. The van der Waals surface area contributed by atoms with Crippen LogP contribution in [0.3, 0.4) is 0 Å². The van der Waals surface area contributed by atoms with Crippen LogP contribution in [0, 0.1) is 5.41 Å². The van der Waals surface area contributed by atoms with Gasteiger partial charge < -0.3 is 21.3 Å². The molecule has 2 rings (SSSR count). The molecule has 0 aromatic rings. The SMILES string of the molecule is C=CCNC(=O)C(=O)C(CCC)NC(=O)[C@@H]1CCCN1C(=O)[C@@H](N)C1(C)CCCCC1. The van der Waals surface area contributed by atoms with Gasteiger partial charge in [0, 0.05) is 13.1 Å². The Bertz CT molecular complexity index is 687. The number of nitrogens with one attached hydrogen (secondary N) is 2. The van der Waals surface area contributed by atoms with E-state index in [1.54, 1.807) is 4.90 Å². The number of hydrogen-bond acceptors (Lipinski definition) is 5. The number of hydrogen-bond donors (Lipinski definition) is 3. The number of nitrogens with zero attached hydrogens (tertiary/aromatic N) is 1. The monoisotopic (exact) mass is 434 g/mol. The minimum atomic E-state index is -0.913. The van der Waals surface area contributed by atoms with Gasteiger partial charge in [-0.15, -0.1) is 6.58 Å². The van der Waals surface area contributed by atoms with E-state index < -0.39 is 35.7 Å². The summed E-state index contributed by atoms with van der Waals surface area (Å²) >= 11 is 0. The van der Waals surface area contributed by atoms with Crippen LogP contribution in [-0.4, -0.2) is 59.6 Å². The minimum Gasteiger partial charge on any atom is -0.346 e. The largest absolute Gasteiger partial charge is 0.346 e. The summed E-state index contributed by atoms with van der Waals surface area (Å²) in [7, 11) is 0. The number of amides is 3. The molecule has 1 aliphatic carbocycles. The van der Waals surface area contributed by atoms with Crippen LogP contribution in [0.15, 0.2) is 12.7 Å². The Morgan fingerprint density at radius 1 is 1.19 bits per heavy atom. The summed E-state index contributed by atoms with van der Waals surface area (Å²) in [6.07, 6.45) is 8.82. The Hall–Kier alpha value is -2.22. The van der Waals surface area contributed by atoms with E-state index in [0.717, 1.165) is 25.7 Å². The molecule has 2 aliphatic rings. The number of rotatable bonds is 10. The van der Waals surface area contributed by atoms with Gasteiger partial charge in [-0.05, 0) is 37.5 Å². The first-order valence-corrected chi connectivity index (χ1v) is 11.5. The van der Waals surface area contributed by atoms with Crippen molar-refractivity contribution in [3.8, 4) is 0 Å². The van der Waals surface area contributed by atoms with Crippen molar-refractivity contribution in [1.82, 2.24) is 15.5 Å². The molecule has 2 fully saturated rings. The van der Waals surface area contributed by atoms with Gasteiger partial charge in [0.25, 0.3) is 5.91 Å². The quantitative estimate of drug-likeness (QED) is 0.355. The molecule has 1 heterocycles. The van der Waals surface area contributed by atoms with Gasteiger partial charge in [-0.2, -0.15) is 0 Å². The zero-order valence-electron chi connectivity index (χ0n) is 19.0. The Kier molecular flexibility index (Phi) is 9.22. The third kappa shape index (κ3) is 6.15. The molecule has 31 heavy (non-hydrogen) atoms. The van der Waals surface area contributed by atoms with E-state index in [-0.39, 0.29) is 17.9 Å². The van der Waals surface area contributed by atoms with Crippen molar-refractivity contribution in [3.05, 3.63) is 12.7 Å². The summed E-state index contributed by atoms with van der Waals surface area (Å²) in [5.74, 6) is -2.01. The summed E-state index contributed by atoms with van der Waals surface area (Å²) in [6, 6.07) is -2.21. The van der Waals surface area contributed by atoms with Gasteiger partial charge in [-0.3, -0.25) is 19.2 Å². The van der Waals surface area contributed by atoms with Gasteiger partial charge in [0.05, 0.1) is 12.1 Å². The molecule has 8 nitrogen and oxygen atoms in total. The second kappa shape index (κ2) is 11.4. The molecule has 3 amide bonds. The fourth-order valence-electron chi connectivity index (χ4n) is 4.69. The predicted molar refractivity (Wildman–Crippen MR) is 119 cm³/mol. The normalized spacial score (nSPS) is 22.3. The molecule has 1 aliphatic heterocycles. The lowest BCUT2D eigenvalue weighted by Crippen LogP contribution is -2.58. The molecule has 1 unspecified atom stereocenters. The van der Waals surface area contributed by atoms with Crippen LogP contribution in [0.4, 0.5) is 0 Å². The van der Waals surface area contributed by atoms with E-state index >= 15 is 0 Å². The van der Waals surface area contributed by atoms with Crippen LogP contribution in [0.25, 0.3) is 0 Å². The van der Waals surface area contributed by atoms with Crippen LogP contribution in [0.1, 0.15) is 71.6 Å². The number of carbonyl (C=O) groups excluding carboxylic acids is 4. The van der Waals surface area contributed by atoms with E-state index in [9.17, 15) is 19.2 Å². The summed E-state index contributed by atoms with van der Waals surface area (Å²) in [4.78, 5) is 52.4. The van der Waals surface area contributed by atoms with E-state index in [2.05, 4.69) is 24.1 Å². The molecule has 8 heteroatoms. The van der Waals surface area contributed by atoms with E-state index in [0.29, 0.717) is 32.2 Å². The number of likely N-dealkylation sites (tertiary alicyclic amines) is 1. The average Bonchev–Trinajstić information content (AvgIpc) is 3.26. The highest BCUT2D eigenvalue weighted by Gasteiger charge is 2.43. The predicted octanol–water partition coefficient (Wildman–Crippen LogP) is 1.43. The van der Waals surface area contributed by atoms with Crippen molar-refractivity contribution >= 4 is 23.5 Å². The first-order chi connectivity index (χ1) is 14.7. The zero-order valence-corrected chi connectivity index (χ0v) is 19.0. The highest BCUT2D eigenvalue weighted by Crippen LogP contribution is 2.39. The Balaban J connectivity index is 2.06. The molecule has 1 saturated heterocycles. The van der Waals surface area contributed by atoms with Crippen molar-refractivity contribution in [2.45, 2.75) is 89.8 Å². The van der Waals surface area contributed by atoms with Crippen molar-refractivity contribution in [2.24, 2.45) is 11.1 Å². The average molecular weight is 435 g/mol. The first-order valence-electron chi connectivity index (χ1n) is 11.5. The van der Waals surface area contributed by atoms with Crippen molar-refractivity contribution in [3.63, 3.8) is 0 Å². The molecule has 1 saturated carbocycles. The first kappa shape index (κ1) is 25.0. The molecular weight excluding hydrogens is 396 g/mol. The lowest BCUT2D eigenvalue weighted by molar-refractivity contribution is -0.144. The molecule has 0 radical (unpaired) electrons. The standard InChI is InChI=1S/C23H38N4O4/c1-4-10-16(18(28)21(30)25-14-5-2)26-20(29)17-11-9-15-27(17)22(31)19(24)23(3)12-7-6-8-13-23/h5,16-17,19H,2,4,6-15,24H2,1,3H3,(H,25,30)(H,26,29)/t16?,17-,19+/m0/s1. The summed E-state index contributed by atoms with van der Waals surface area (Å²) in [5.41, 5.74) is 6.17. The molecule has 174 valence electrons. The molecule has 0 spiro atoms. The van der Waals surface area contributed by atoms with Gasteiger partial charge in [0.1, 0.15) is 6.04 Å². The maximum atomic E-state index is 13.2. The molecule has 0 aromatic heterocycles. The number of carbonyl (C=O) groups is 4. The van der Waals surface area contributed by atoms with Crippen molar-refractivity contribution in [2.75, 3.05) is 13.1 Å². The Morgan fingerprint density at radius 3 is 2.48 bits per heavy atom. The minimum absolute atomic E-state index is 0.179. The fourth-order valence-corrected chi connectivity index (χ4v) is 4.69. The molecule has 0 bridgehead atoms. The number of Topliss-reactive ketones (excluding diaryl/α,β-unsaturated/α-hetero) is 1. The Labute approximate surface area is 185 Å². The van der Waals surface area contributed by atoms with Crippen molar-refractivity contribution < 1.29 is 19.2 Å². The zero-order chi connectivity index (χ0) is 23.0. The van der Waals surface area contributed by atoms with Crippen LogP contribution in [0.2, 0.25) is 0 Å². The lowest BCUT2D eigenvalue weighted by atomic mass is 9.70. The van der Waals surface area contributed by atoms with Crippen LogP contribution >= 0.6 is 0 Å². The second-order valence-electron chi connectivity index (χ2n) is 9.09. The topological polar surface area (TPSA) is 122 Å². The van der Waals surface area contributed by atoms with Crippen LogP contribution < -0.4 is 16.4 Å². The van der Waals surface area contributed by atoms with E-state index in [1.165, 1.54) is 12.5 Å².